The van der Waals surface area contributed by atoms with Gasteiger partial charge in [-0.25, -0.2) is 4.39 Å². The summed E-state index contributed by atoms with van der Waals surface area (Å²) in [5.74, 6) is -2.09. The minimum atomic E-state index is -4.40. The molecule has 1 rings (SSSR count). The van der Waals surface area contributed by atoms with Crippen molar-refractivity contribution in [1.29, 1.82) is 0 Å². The van der Waals surface area contributed by atoms with Gasteiger partial charge in [0.15, 0.2) is 0 Å². The normalized spacial score (nSPS) is 13.5. The molecule has 0 radical (unpaired) electrons. The minimum Gasteiger partial charge on any atom is -0.493 e. The van der Waals surface area contributed by atoms with Gasteiger partial charge >= 0.3 is 6.18 Å². The molecule has 0 aliphatic heterocycles. The van der Waals surface area contributed by atoms with Gasteiger partial charge in [0.25, 0.3) is 0 Å². The van der Waals surface area contributed by atoms with Crippen LogP contribution in [-0.4, -0.2) is 19.3 Å². The fourth-order valence-electron chi connectivity index (χ4n) is 1.06. The number of ether oxygens (including phenoxy) is 1. The van der Waals surface area contributed by atoms with Crippen molar-refractivity contribution in [2.45, 2.75) is 6.18 Å². The Hall–Kier alpha value is -0.820. The molecule has 1 atom stereocenters. The highest BCUT2D eigenvalue weighted by molar-refractivity contribution is 9.10. The Morgan fingerprint density at radius 3 is 2.47 bits per heavy atom. The van der Waals surface area contributed by atoms with Crippen LogP contribution in [0, 0.1) is 11.7 Å². The van der Waals surface area contributed by atoms with Gasteiger partial charge in [-0.05, 0) is 34.1 Å². The van der Waals surface area contributed by atoms with Gasteiger partial charge in [0.1, 0.15) is 24.1 Å². The smallest absolute Gasteiger partial charge is 0.396 e. The molecule has 0 aliphatic carbocycles. The van der Waals surface area contributed by atoms with E-state index in [1.165, 1.54) is 12.1 Å². The third-order valence-corrected chi connectivity index (χ3v) is 2.70. The topological polar surface area (TPSA) is 35.2 Å². The average molecular weight is 316 g/mol. The molecule has 17 heavy (non-hydrogen) atoms. The van der Waals surface area contributed by atoms with Crippen LogP contribution in [0.25, 0.3) is 0 Å². The third kappa shape index (κ3) is 4.16. The monoisotopic (exact) mass is 315 g/mol. The molecule has 0 spiro atoms. The van der Waals surface area contributed by atoms with Crippen LogP contribution in [0.2, 0.25) is 0 Å². The molecule has 0 bridgehead atoms. The highest BCUT2D eigenvalue weighted by Gasteiger charge is 2.39. The van der Waals surface area contributed by atoms with Gasteiger partial charge in [0.2, 0.25) is 0 Å². The van der Waals surface area contributed by atoms with Crippen molar-refractivity contribution in [3.8, 4) is 5.75 Å². The largest absolute Gasteiger partial charge is 0.493 e. The van der Waals surface area contributed by atoms with Crippen LogP contribution in [0.1, 0.15) is 0 Å². The summed E-state index contributed by atoms with van der Waals surface area (Å²) in [4.78, 5) is 0. The Morgan fingerprint density at radius 1 is 1.35 bits per heavy atom. The average Bonchev–Trinajstić information content (AvgIpc) is 2.22. The van der Waals surface area contributed by atoms with E-state index in [0.29, 0.717) is 0 Å². The highest BCUT2D eigenvalue weighted by atomic mass is 79.9. The van der Waals surface area contributed by atoms with Crippen molar-refractivity contribution in [2.75, 3.05) is 13.2 Å². The molecule has 0 saturated heterocycles. The predicted octanol–water partition coefficient (Wildman–Crippen LogP) is 3.10. The maximum Gasteiger partial charge on any atom is 0.396 e. The molecular formula is C10H10BrF4NO. The van der Waals surface area contributed by atoms with E-state index < -0.39 is 31.1 Å². The molecule has 2 nitrogen and oxygen atoms in total. The van der Waals surface area contributed by atoms with E-state index in [1.807, 2.05) is 0 Å². The van der Waals surface area contributed by atoms with E-state index in [2.05, 4.69) is 15.9 Å². The number of hydrogen-bond acceptors (Lipinski definition) is 2. The van der Waals surface area contributed by atoms with Crippen molar-refractivity contribution in [3.05, 3.63) is 28.5 Å². The molecular weight excluding hydrogens is 306 g/mol. The molecule has 0 saturated carbocycles. The maximum atomic E-state index is 12.9. The van der Waals surface area contributed by atoms with Crippen molar-refractivity contribution < 1.29 is 22.3 Å². The molecule has 1 aromatic carbocycles. The van der Waals surface area contributed by atoms with Crippen molar-refractivity contribution >= 4 is 15.9 Å². The van der Waals surface area contributed by atoms with Gasteiger partial charge in [0, 0.05) is 6.54 Å². The first kappa shape index (κ1) is 14.2. The minimum absolute atomic E-state index is 0.131. The Morgan fingerprint density at radius 2 is 2.00 bits per heavy atom. The Kier molecular flexibility index (Phi) is 4.76. The molecule has 0 amide bonds. The molecule has 7 heteroatoms. The summed E-state index contributed by atoms with van der Waals surface area (Å²) in [6, 6.07) is 3.62. The first-order chi connectivity index (χ1) is 7.84. The Bertz CT molecular complexity index is 383. The van der Waals surface area contributed by atoms with Crippen molar-refractivity contribution in [3.63, 3.8) is 0 Å². The van der Waals surface area contributed by atoms with E-state index in [4.69, 9.17) is 10.5 Å². The van der Waals surface area contributed by atoms with Gasteiger partial charge in [-0.15, -0.1) is 0 Å². The van der Waals surface area contributed by atoms with Crippen LogP contribution in [0.4, 0.5) is 17.6 Å². The van der Waals surface area contributed by atoms with E-state index in [1.54, 1.807) is 0 Å². The molecule has 96 valence electrons. The molecule has 0 aliphatic rings. The number of alkyl halides is 3. The number of halogens is 5. The second-order valence-corrected chi connectivity index (χ2v) is 4.22. The molecule has 1 unspecified atom stereocenters. The second kappa shape index (κ2) is 5.68. The quantitative estimate of drug-likeness (QED) is 0.867. The van der Waals surface area contributed by atoms with Gasteiger partial charge in [-0.3, -0.25) is 0 Å². The summed E-state index contributed by atoms with van der Waals surface area (Å²) in [5, 5.41) is 0. The summed E-state index contributed by atoms with van der Waals surface area (Å²) < 4.78 is 54.9. The van der Waals surface area contributed by atoms with Crippen LogP contribution in [0.3, 0.4) is 0 Å². The molecule has 1 aromatic rings. The summed E-state index contributed by atoms with van der Waals surface area (Å²) in [7, 11) is 0. The Labute approximate surface area is 104 Å². The molecule has 2 N–H and O–H groups in total. The van der Waals surface area contributed by atoms with Crippen LogP contribution < -0.4 is 10.5 Å². The number of rotatable bonds is 4. The lowest BCUT2D eigenvalue weighted by atomic mass is 10.1. The molecule has 0 heterocycles. The van der Waals surface area contributed by atoms with E-state index >= 15 is 0 Å². The van der Waals surface area contributed by atoms with Crippen LogP contribution in [0.15, 0.2) is 22.7 Å². The SMILES string of the molecule is NCC(COc1ccc(F)c(Br)c1)C(F)(F)F. The first-order valence-electron chi connectivity index (χ1n) is 4.69. The summed E-state index contributed by atoms with van der Waals surface area (Å²) >= 11 is 2.91. The fraction of sp³-hybridized carbons (Fsp3) is 0.400. The van der Waals surface area contributed by atoms with Crippen LogP contribution in [-0.2, 0) is 0 Å². The number of benzene rings is 1. The second-order valence-electron chi connectivity index (χ2n) is 3.36. The number of hydrogen-bond donors (Lipinski definition) is 1. The Balaban J connectivity index is 2.63. The zero-order valence-electron chi connectivity index (χ0n) is 8.60. The lowest BCUT2D eigenvalue weighted by Gasteiger charge is -2.18. The standard InChI is InChI=1S/C10H10BrF4NO/c11-8-3-7(1-2-9(8)12)17-5-6(4-16)10(13,14)15/h1-3,6H,4-5,16H2. The van der Waals surface area contributed by atoms with Gasteiger partial charge in [-0.2, -0.15) is 13.2 Å². The zero-order chi connectivity index (χ0) is 13.1. The van der Waals surface area contributed by atoms with E-state index in [9.17, 15) is 17.6 Å². The molecule has 0 fully saturated rings. The van der Waals surface area contributed by atoms with E-state index in [0.717, 1.165) is 6.07 Å². The van der Waals surface area contributed by atoms with Crippen molar-refractivity contribution in [1.82, 2.24) is 0 Å². The van der Waals surface area contributed by atoms with Crippen LogP contribution >= 0.6 is 15.9 Å². The summed E-state index contributed by atoms with van der Waals surface area (Å²) in [6.07, 6.45) is -4.40. The first-order valence-corrected chi connectivity index (χ1v) is 5.48. The maximum absolute atomic E-state index is 12.9. The molecule has 0 aromatic heterocycles. The lowest BCUT2D eigenvalue weighted by molar-refractivity contribution is -0.178. The van der Waals surface area contributed by atoms with Crippen LogP contribution in [0.5, 0.6) is 5.75 Å². The fourth-order valence-corrected chi connectivity index (χ4v) is 1.42. The lowest BCUT2D eigenvalue weighted by Crippen LogP contribution is -2.35. The van der Waals surface area contributed by atoms with Crippen molar-refractivity contribution in [2.24, 2.45) is 11.7 Å². The summed E-state index contributed by atoms with van der Waals surface area (Å²) in [5.41, 5.74) is 5.01. The highest BCUT2D eigenvalue weighted by Crippen LogP contribution is 2.27. The van der Waals surface area contributed by atoms with Gasteiger partial charge in [-0.1, -0.05) is 0 Å². The third-order valence-electron chi connectivity index (χ3n) is 2.09. The van der Waals surface area contributed by atoms with Gasteiger partial charge in [0.05, 0.1) is 4.47 Å². The van der Waals surface area contributed by atoms with E-state index in [-0.39, 0.29) is 10.2 Å². The van der Waals surface area contributed by atoms with Gasteiger partial charge < -0.3 is 10.5 Å². The predicted molar refractivity (Wildman–Crippen MR) is 58.2 cm³/mol. The summed E-state index contributed by atoms with van der Waals surface area (Å²) in [6.45, 7) is -1.13. The number of nitrogens with two attached hydrogens (primary N) is 1. The zero-order valence-corrected chi connectivity index (χ0v) is 10.2.